The molecule has 0 radical (unpaired) electrons. The number of para-hydroxylation sites is 1. The molecule has 3 N–H and O–H groups in total. The molecule has 1 aromatic rings. The lowest BCUT2D eigenvalue weighted by Crippen LogP contribution is -2.44. The molecule has 2 atom stereocenters. The Kier molecular flexibility index (Phi) is 3.66. The molecule has 0 saturated carbocycles. The lowest BCUT2D eigenvalue weighted by Gasteiger charge is -2.37. The van der Waals surface area contributed by atoms with Crippen molar-refractivity contribution in [1.29, 1.82) is 0 Å². The summed E-state index contributed by atoms with van der Waals surface area (Å²) in [6, 6.07) is 5.27. The van der Waals surface area contributed by atoms with Gasteiger partial charge in [-0.05, 0) is 31.4 Å². The van der Waals surface area contributed by atoms with Gasteiger partial charge in [0.05, 0.1) is 24.3 Å². The molecule has 0 amide bonds. The van der Waals surface area contributed by atoms with Crippen molar-refractivity contribution in [1.82, 2.24) is 0 Å². The van der Waals surface area contributed by atoms with Crippen LogP contribution in [0.15, 0.2) is 18.2 Å². The minimum absolute atomic E-state index is 0.101. The van der Waals surface area contributed by atoms with Gasteiger partial charge >= 0.3 is 5.97 Å². The van der Waals surface area contributed by atoms with Crippen LogP contribution in [0, 0.1) is 0 Å². The Morgan fingerprint density at radius 3 is 2.89 bits per heavy atom. The van der Waals surface area contributed by atoms with E-state index in [0.29, 0.717) is 36.4 Å². The summed E-state index contributed by atoms with van der Waals surface area (Å²) in [5.74, 6) is -0.347. The zero-order valence-electron chi connectivity index (χ0n) is 11.2. The predicted octanol–water partition coefficient (Wildman–Crippen LogP) is 1.80. The molecule has 1 saturated heterocycles. The van der Waals surface area contributed by atoms with Crippen molar-refractivity contribution in [2.45, 2.75) is 31.3 Å². The maximum atomic E-state index is 11.8. The summed E-state index contributed by atoms with van der Waals surface area (Å²) < 4.78 is 10.6. The van der Waals surface area contributed by atoms with Crippen molar-refractivity contribution >= 4 is 11.7 Å². The molecule has 2 rings (SSSR count). The topological polar surface area (TPSA) is 81.8 Å². The largest absolute Gasteiger partial charge is 0.495 e. The summed E-state index contributed by atoms with van der Waals surface area (Å²) in [5, 5.41) is 9.70. The molecule has 1 heterocycles. The smallest absolute Gasteiger partial charge is 0.314 e. The van der Waals surface area contributed by atoms with Gasteiger partial charge in [0.25, 0.3) is 0 Å². The summed E-state index contributed by atoms with van der Waals surface area (Å²) in [6.07, 6.45) is 0.736. The van der Waals surface area contributed by atoms with Crippen LogP contribution in [0.1, 0.15) is 25.3 Å². The molecular weight excluding hydrogens is 246 g/mol. The Morgan fingerprint density at radius 2 is 2.32 bits per heavy atom. The lowest BCUT2D eigenvalue weighted by atomic mass is 9.72. The molecule has 2 unspecified atom stereocenters. The first kappa shape index (κ1) is 13.7. The zero-order valence-corrected chi connectivity index (χ0v) is 11.2. The predicted molar refractivity (Wildman–Crippen MR) is 71.4 cm³/mol. The van der Waals surface area contributed by atoms with Crippen LogP contribution in [0.3, 0.4) is 0 Å². The summed E-state index contributed by atoms with van der Waals surface area (Å²) in [7, 11) is 1.52. The van der Waals surface area contributed by atoms with Crippen LogP contribution in [0.25, 0.3) is 0 Å². The average Bonchev–Trinajstić information content (AvgIpc) is 2.38. The van der Waals surface area contributed by atoms with Gasteiger partial charge in [0.15, 0.2) is 0 Å². The van der Waals surface area contributed by atoms with Crippen LogP contribution in [0.5, 0.6) is 5.75 Å². The Morgan fingerprint density at radius 1 is 1.58 bits per heavy atom. The Labute approximate surface area is 112 Å². The third-order valence-electron chi connectivity index (χ3n) is 3.78. The van der Waals surface area contributed by atoms with Gasteiger partial charge in [-0.25, -0.2) is 0 Å². The Bertz CT molecular complexity index is 488. The van der Waals surface area contributed by atoms with E-state index in [1.165, 1.54) is 7.11 Å². The summed E-state index contributed by atoms with van der Waals surface area (Å²) >= 11 is 0. The Hall–Kier alpha value is -1.75. The summed E-state index contributed by atoms with van der Waals surface area (Å²) in [5.41, 5.74) is 6.10. The van der Waals surface area contributed by atoms with E-state index in [0.717, 1.165) is 0 Å². The van der Waals surface area contributed by atoms with E-state index < -0.39 is 11.4 Å². The third-order valence-corrected chi connectivity index (χ3v) is 3.78. The molecule has 19 heavy (non-hydrogen) atoms. The van der Waals surface area contributed by atoms with E-state index in [1.807, 2.05) is 6.92 Å². The van der Waals surface area contributed by atoms with Crippen LogP contribution in [0.2, 0.25) is 0 Å². The van der Waals surface area contributed by atoms with Gasteiger partial charge in [-0.2, -0.15) is 0 Å². The number of nitrogens with two attached hydrogens (primary N) is 1. The number of hydrogen-bond donors (Lipinski definition) is 2. The van der Waals surface area contributed by atoms with Gasteiger partial charge in [-0.15, -0.1) is 0 Å². The SMILES string of the molecule is COc1cccc(C2(C(=O)O)CCOC(C)C2)c1N. The summed E-state index contributed by atoms with van der Waals surface area (Å²) in [4.78, 5) is 11.8. The van der Waals surface area contributed by atoms with E-state index in [2.05, 4.69) is 0 Å². The van der Waals surface area contributed by atoms with E-state index in [1.54, 1.807) is 18.2 Å². The molecule has 5 heteroatoms. The fraction of sp³-hybridized carbons (Fsp3) is 0.500. The highest BCUT2D eigenvalue weighted by Crippen LogP contribution is 2.42. The minimum atomic E-state index is -0.990. The van der Waals surface area contributed by atoms with Crippen LogP contribution >= 0.6 is 0 Å². The average molecular weight is 265 g/mol. The first-order valence-electron chi connectivity index (χ1n) is 6.29. The van der Waals surface area contributed by atoms with Crippen molar-refractivity contribution in [3.8, 4) is 5.75 Å². The van der Waals surface area contributed by atoms with Crippen molar-refractivity contribution in [2.75, 3.05) is 19.5 Å². The second-order valence-corrected chi connectivity index (χ2v) is 4.94. The fourth-order valence-corrected chi connectivity index (χ4v) is 2.78. The van der Waals surface area contributed by atoms with Crippen molar-refractivity contribution in [2.24, 2.45) is 0 Å². The third kappa shape index (κ3) is 2.26. The van der Waals surface area contributed by atoms with Gasteiger partial charge in [-0.1, -0.05) is 12.1 Å². The number of carboxylic acid groups (broad SMARTS) is 1. The maximum absolute atomic E-state index is 11.8. The van der Waals surface area contributed by atoms with Crippen LogP contribution in [-0.4, -0.2) is 30.9 Å². The van der Waals surface area contributed by atoms with E-state index in [4.69, 9.17) is 15.2 Å². The van der Waals surface area contributed by atoms with Crippen LogP contribution in [0.4, 0.5) is 5.69 Å². The number of ether oxygens (including phenoxy) is 2. The van der Waals surface area contributed by atoms with Gasteiger partial charge in [-0.3, -0.25) is 4.79 Å². The standard InChI is InChI=1S/C14H19NO4/c1-9-8-14(13(16)17,6-7-19-9)10-4-3-5-11(18-2)12(10)15/h3-5,9H,6-8,15H2,1-2H3,(H,16,17). The maximum Gasteiger partial charge on any atom is 0.314 e. The first-order chi connectivity index (χ1) is 9.01. The molecule has 5 nitrogen and oxygen atoms in total. The molecule has 0 bridgehead atoms. The summed E-state index contributed by atoms with van der Waals surface area (Å²) in [6.45, 7) is 2.30. The molecule has 1 aliphatic rings. The normalized spacial score (nSPS) is 26.9. The molecule has 1 aromatic carbocycles. The van der Waals surface area contributed by atoms with E-state index in [9.17, 15) is 9.90 Å². The molecule has 104 valence electrons. The van der Waals surface area contributed by atoms with Crippen LogP contribution in [-0.2, 0) is 14.9 Å². The monoisotopic (exact) mass is 265 g/mol. The first-order valence-corrected chi connectivity index (χ1v) is 6.29. The number of hydrogen-bond acceptors (Lipinski definition) is 4. The number of methoxy groups -OCH3 is 1. The molecule has 0 aromatic heterocycles. The number of rotatable bonds is 3. The minimum Gasteiger partial charge on any atom is -0.495 e. The quantitative estimate of drug-likeness (QED) is 0.814. The van der Waals surface area contributed by atoms with Gasteiger partial charge in [0.1, 0.15) is 5.75 Å². The highest BCUT2D eigenvalue weighted by atomic mass is 16.5. The number of aliphatic carboxylic acids is 1. The molecule has 0 aliphatic carbocycles. The van der Waals surface area contributed by atoms with Gasteiger partial charge < -0.3 is 20.3 Å². The van der Waals surface area contributed by atoms with Crippen molar-refractivity contribution < 1.29 is 19.4 Å². The lowest BCUT2D eigenvalue weighted by molar-refractivity contribution is -0.150. The van der Waals surface area contributed by atoms with E-state index in [-0.39, 0.29) is 6.10 Å². The Balaban J connectivity index is 2.53. The van der Waals surface area contributed by atoms with Gasteiger partial charge in [0.2, 0.25) is 0 Å². The zero-order chi connectivity index (χ0) is 14.0. The van der Waals surface area contributed by atoms with Crippen molar-refractivity contribution in [3.63, 3.8) is 0 Å². The number of carboxylic acids is 1. The molecule has 1 fully saturated rings. The highest BCUT2D eigenvalue weighted by molar-refractivity contribution is 5.85. The molecule has 0 spiro atoms. The van der Waals surface area contributed by atoms with Crippen molar-refractivity contribution in [3.05, 3.63) is 23.8 Å². The van der Waals surface area contributed by atoms with Crippen LogP contribution < -0.4 is 10.5 Å². The second-order valence-electron chi connectivity index (χ2n) is 4.94. The number of carbonyl (C=O) groups is 1. The second kappa shape index (κ2) is 5.09. The highest BCUT2D eigenvalue weighted by Gasteiger charge is 2.45. The number of nitrogen functional groups attached to an aromatic ring is 1. The fourth-order valence-electron chi connectivity index (χ4n) is 2.78. The molecule has 1 aliphatic heterocycles. The molecular formula is C14H19NO4. The number of benzene rings is 1. The van der Waals surface area contributed by atoms with Gasteiger partial charge in [0, 0.05) is 6.61 Å². The number of anilines is 1. The van der Waals surface area contributed by atoms with E-state index >= 15 is 0 Å².